The molecule has 156 valence electrons. The van der Waals surface area contributed by atoms with Crippen LogP contribution in [0.25, 0.3) is 10.9 Å². The minimum absolute atomic E-state index is 0.0748. The van der Waals surface area contributed by atoms with Crippen molar-refractivity contribution in [3.05, 3.63) is 96.2 Å². The van der Waals surface area contributed by atoms with Gasteiger partial charge < -0.3 is 10.3 Å². The minimum atomic E-state index is -1.37. The van der Waals surface area contributed by atoms with E-state index in [1.807, 2.05) is 89.2 Å². The molecule has 31 heavy (non-hydrogen) atoms. The van der Waals surface area contributed by atoms with Gasteiger partial charge in [0.25, 0.3) is 5.91 Å². The van der Waals surface area contributed by atoms with Crippen LogP contribution in [0.3, 0.4) is 0 Å². The Balaban J connectivity index is 1.49. The third kappa shape index (κ3) is 4.39. The predicted molar refractivity (Wildman–Crippen MR) is 124 cm³/mol. The highest BCUT2D eigenvalue weighted by Crippen LogP contribution is 2.28. The number of nitrogens with one attached hydrogen (secondary N) is 2. The summed E-state index contributed by atoms with van der Waals surface area (Å²) in [5.74, 6) is -0.0748. The highest BCUT2D eigenvalue weighted by molar-refractivity contribution is 7.86. The first-order chi connectivity index (χ1) is 15.2. The van der Waals surface area contributed by atoms with Crippen molar-refractivity contribution in [2.24, 2.45) is 0 Å². The molecule has 1 fully saturated rings. The molecule has 0 aliphatic heterocycles. The number of aromatic nitrogens is 1. The van der Waals surface area contributed by atoms with E-state index >= 15 is 0 Å². The molecule has 1 atom stereocenters. The number of aromatic amines is 1. The number of hydrogen-bond acceptors (Lipinski definition) is 2. The normalized spacial score (nSPS) is 14.3. The van der Waals surface area contributed by atoms with Gasteiger partial charge in [0.15, 0.2) is 11.0 Å². The van der Waals surface area contributed by atoms with Crippen LogP contribution in [0, 0.1) is 0 Å². The van der Waals surface area contributed by atoms with Gasteiger partial charge in [-0.25, -0.2) is 4.21 Å². The number of amides is 1. The summed E-state index contributed by atoms with van der Waals surface area (Å²) in [6, 6.07) is 27.5. The Morgan fingerprint density at radius 2 is 1.68 bits per heavy atom. The summed E-state index contributed by atoms with van der Waals surface area (Å²) in [6.45, 7) is 0.507. The number of benzene rings is 3. The van der Waals surface area contributed by atoms with Crippen LogP contribution in [0.2, 0.25) is 0 Å². The summed E-state index contributed by atoms with van der Waals surface area (Å²) in [7, 11) is -1.37. The molecule has 2 N–H and O–H groups in total. The van der Waals surface area contributed by atoms with Crippen LogP contribution in [0.15, 0.2) is 89.8 Å². The van der Waals surface area contributed by atoms with Gasteiger partial charge in [0, 0.05) is 16.9 Å². The van der Waals surface area contributed by atoms with Gasteiger partial charge >= 0.3 is 0 Å². The van der Waals surface area contributed by atoms with E-state index in [0.29, 0.717) is 18.3 Å². The smallest absolute Gasteiger partial charge is 0.267 e. The number of anilines is 1. The number of nitrogens with zero attached hydrogens (tertiary/aromatic N) is 1. The zero-order valence-corrected chi connectivity index (χ0v) is 17.8. The molecule has 0 saturated heterocycles. The number of carbonyl (C=O) groups is 1. The van der Waals surface area contributed by atoms with Crippen molar-refractivity contribution in [3.8, 4) is 0 Å². The van der Waals surface area contributed by atoms with Gasteiger partial charge in [-0.15, -0.1) is 0 Å². The van der Waals surface area contributed by atoms with E-state index in [-0.39, 0.29) is 5.91 Å². The van der Waals surface area contributed by atoms with Crippen LogP contribution in [-0.4, -0.2) is 21.1 Å². The van der Waals surface area contributed by atoms with E-state index in [1.165, 1.54) is 0 Å². The molecule has 1 amide bonds. The Bertz CT molecular complexity index is 1230. The van der Waals surface area contributed by atoms with Crippen LogP contribution in [0.5, 0.6) is 0 Å². The molecule has 5 nitrogen and oxygen atoms in total. The first kappa shape index (κ1) is 19.6. The average molecular weight is 430 g/mol. The van der Waals surface area contributed by atoms with E-state index in [2.05, 4.69) is 10.3 Å². The van der Waals surface area contributed by atoms with Gasteiger partial charge in [-0.05, 0) is 54.8 Å². The molecule has 0 spiro atoms. The predicted octanol–water partition coefficient (Wildman–Crippen LogP) is 4.79. The topological polar surface area (TPSA) is 65.2 Å². The molecule has 1 heterocycles. The highest BCUT2D eigenvalue weighted by atomic mass is 32.2. The maximum Gasteiger partial charge on any atom is 0.267 e. The van der Waals surface area contributed by atoms with Gasteiger partial charge in [0.2, 0.25) is 0 Å². The van der Waals surface area contributed by atoms with Gasteiger partial charge in [0.1, 0.15) is 5.69 Å². The SMILES string of the molecule is O=C(NC1CC1)c1cc2cc(N(Cc3ccccc3)S(=O)c3ccccc3)ccc2[nH]1. The number of H-pyrrole nitrogens is 1. The Kier molecular flexibility index (Phi) is 5.30. The second-order valence-electron chi connectivity index (χ2n) is 7.79. The van der Waals surface area contributed by atoms with Crippen molar-refractivity contribution in [2.75, 3.05) is 4.31 Å². The standard InChI is InChI=1S/C25H23N3O2S/c29-25(26-20-11-12-20)24-16-19-15-21(13-14-23(19)27-24)28(17-18-7-3-1-4-8-18)31(30)22-9-5-2-6-10-22/h1-10,13-16,20,27H,11-12,17H2,(H,26,29). The zero-order valence-electron chi connectivity index (χ0n) is 17.0. The monoisotopic (exact) mass is 429 g/mol. The number of rotatable bonds is 7. The summed E-state index contributed by atoms with van der Waals surface area (Å²) in [5, 5.41) is 3.93. The van der Waals surface area contributed by atoms with Crippen LogP contribution in [0.1, 0.15) is 28.9 Å². The lowest BCUT2D eigenvalue weighted by Gasteiger charge is -2.24. The lowest BCUT2D eigenvalue weighted by atomic mass is 10.2. The van der Waals surface area contributed by atoms with Crippen LogP contribution in [-0.2, 0) is 17.5 Å². The number of hydrogen-bond donors (Lipinski definition) is 2. The Morgan fingerprint density at radius 3 is 2.39 bits per heavy atom. The van der Waals surface area contributed by atoms with E-state index in [4.69, 9.17) is 0 Å². The molecule has 3 aromatic carbocycles. The zero-order chi connectivity index (χ0) is 21.2. The van der Waals surface area contributed by atoms with Crippen molar-refractivity contribution in [2.45, 2.75) is 30.3 Å². The molecule has 1 aromatic heterocycles. The highest BCUT2D eigenvalue weighted by Gasteiger charge is 2.24. The molecule has 0 radical (unpaired) electrons. The van der Waals surface area contributed by atoms with E-state index in [0.717, 1.165) is 39.9 Å². The van der Waals surface area contributed by atoms with Crippen LogP contribution >= 0.6 is 0 Å². The molecule has 1 aliphatic carbocycles. The summed E-state index contributed by atoms with van der Waals surface area (Å²) in [6.07, 6.45) is 2.10. The fourth-order valence-electron chi connectivity index (χ4n) is 3.55. The molecule has 1 unspecified atom stereocenters. The third-order valence-electron chi connectivity index (χ3n) is 5.36. The average Bonchev–Trinajstić information content (AvgIpc) is 3.52. The minimum Gasteiger partial charge on any atom is -0.351 e. The molecule has 4 aromatic rings. The van der Waals surface area contributed by atoms with E-state index in [9.17, 15) is 9.00 Å². The lowest BCUT2D eigenvalue weighted by molar-refractivity contribution is 0.0947. The van der Waals surface area contributed by atoms with Crippen LogP contribution in [0.4, 0.5) is 5.69 Å². The lowest BCUT2D eigenvalue weighted by Crippen LogP contribution is -2.25. The largest absolute Gasteiger partial charge is 0.351 e. The number of carbonyl (C=O) groups excluding carboxylic acids is 1. The first-order valence-electron chi connectivity index (χ1n) is 10.4. The van der Waals surface area contributed by atoms with Crippen molar-refractivity contribution in [3.63, 3.8) is 0 Å². The molecular formula is C25H23N3O2S. The Labute approximate surface area is 183 Å². The van der Waals surface area contributed by atoms with Crippen molar-refractivity contribution in [1.82, 2.24) is 10.3 Å². The quantitative estimate of drug-likeness (QED) is 0.444. The maximum atomic E-state index is 13.5. The van der Waals surface area contributed by atoms with Gasteiger partial charge in [0.05, 0.1) is 17.1 Å². The molecule has 5 rings (SSSR count). The van der Waals surface area contributed by atoms with E-state index in [1.54, 1.807) is 0 Å². The third-order valence-corrected chi connectivity index (χ3v) is 6.78. The van der Waals surface area contributed by atoms with Crippen molar-refractivity contribution in [1.29, 1.82) is 0 Å². The van der Waals surface area contributed by atoms with Gasteiger partial charge in [-0.1, -0.05) is 48.5 Å². The second-order valence-corrected chi connectivity index (χ2v) is 9.20. The Hall–Kier alpha value is -3.38. The number of fused-ring (bicyclic) bond motifs is 1. The molecule has 1 aliphatic rings. The molecular weight excluding hydrogens is 406 g/mol. The van der Waals surface area contributed by atoms with Crippen LogP contribution < -0.4 is 9.62 Å². The molecule has 6 heteroatoms. The van der Waals surface area contributed by atoms with Crippen molar-refractivity contribution >= 4 is 33.5 Å². The summed E-state index contributed by atoms with van der Waals surface area (Å²) < 4.78 is 15.4. The Morgan fingerprint density at radius 1 is 0.968 bits per heavy atom. The van der Waals surface area contributed by atoms with Gasteiger partial charge in [-0.2, -0.15) is 0 Å². The van der Waals surface area contributed by atoms with Gasteiger partial charge in [-0.3, -0.25) is 9.10 Å². The fourth-order valence-corrected chi connectivity index (χ4v) is 4.76. The second kappa shape index (κ2) is 8.40. The van der Waals surface area contributed by atoms with E-state index < -0.39 is 11.0 Å². The van der Waals surface area contributed by atoms with Crippen molar-refractivity contribution < 1.29 is 9.00 Å². The summed E-state index contributed by atoms with van der Waals surface area (Å²) in [5.41, 5.74) is 3.35. The maximum absolute atomic E-state index is 13.5. The molecule has 0 bridgehead atoms. The summed E-state index contributed by atoms with van der Waals surface area (Å²) >= 11 is 0. The summed E-state index contributed by atoms with van der Waals surface area (Å²) in [4.78, 5) is 16.4. The first-order valence-corrected chi connectivity index (χ1v) is 11.5. The molecule has 1 saturated carbocycles. The fraction of sp³-hybridized carbons (Fsp3) is 0.160.